The summed E-state index contributed by atoms with van der Waals surface area (Å²) in [5.74, 6) is -5.86. The predicted octanol–water partition coefficient (Wildman–Crippen LogP) is 2.55. The molecule has 0 saturated heterocycles. The minimum absolute atomic E-state index is 0.155. The summed E-state index contributed by atoms with van der Waals surface area (Å²) < 4.78 is 15.2. The minimum atomic E-state index is -0.875. The second-order valence-corrected chi connectivity index (χ2v) is 7.29. The molecule has 0 radical (unpaired) electrons. The monoisotopic (exact) mass is 466 g/mol. The fraction of sp³-hybridized carbons (Fsp3) is 0.167. The Morgan fingerprint density at radius 2 is 1.29 bits per heavy atom. The molecular formula is C24H18O10. The number of carbonyl (C=O) groups is 6. The van der Waals surface area contributed by atoms with E-state index in [0.29, 0.717) is 0 Å². The van der Waals surface area contributed by atoms with E-state index < -0.39 is 46.6 Å². The van der Waals surface area contributed by atoms with Gasteiger partial charge in [-0.05, 0) is 31.2 Å². The maximum Gasteiger partial charge on any atom is 0.308 e. The van der Waals surface area contributed by atoms with E-state index in [1.807, 2.05) is 0 Å². The molecule has 0 fully saturated rings. The highest BCUT2D eigenvalue weighted by molar-refractivity contribution is 6.31. The Morgan fingerprint density at radius 1 is 0.735 bits per heavy atom. The van der Waals surface area contributed by atoms with Crippen LogP contribution in [0.1, 0.15) is 65.1 Å². The van der Waals surface area contributed by atoms with Crippen molar-refractivity contribution < 1.29 is 48.1 Å². The molecule has 10 heteroatoms. The molecular weight excluding hydrogens is 448 g/mol. The van der Waals surface area contributed by atoms with Gasteiger partial charge in [-0.15, -0.1) is 0 Å². The Balaban J connectivity index is 2.33. The number of hydrogen-bond acceptors (Lipinski definition) is 10. The van der Waals surface area contributed by atoms with Crippen LogP contribution in [0.3, 0.4) is 0 Å². The van der Waals surface area contributed by atoms with Crippen LogP contribution in [-0.4, -0.2) is 40.4 Å². The predicted molar refractivity (Wildman–Crippen MR) is 115 cm³/mol. The molecule has 0 heterocycles. The summed E-state index contributed by atoms with van der Waals surface area (Å²) in [5, 5.41) is 10.9. The lowest BCUT2D eigenvalue weighted by Gasteiger charge is -2.23. The number of carbonyl (C=O) groups excluding carboxylic acids is 6. The van der Waals surface area contributed by atoms with Crippen LogP contribution in [-0.2, 0) is 19.2 Å². The number of phenolic OH excluding ortho intramolecular Hbond substituents is 1. The molecule has 0 bridgehead atoms. The van der Waals surface area contributed by atoms with Gasteiger partial charge >= 0.3 is 17.9 Å². The fourth-order valence-corrected chi connectivity index (χ4v) is 3.40. The quantitative estimate of drug-likeness (QED) is 0.337. The van der Waals surface area contributed by atoms with Crippen molar-refractivity contribution in [1.29, 1.82) is 0 Å². The highest BCUT2D eigenvalue weighted by Crippen LogP contribution is 2.44. The Bertz CT molecular complexity index is 1330. The first-order valence-electron chi connectivity index (χ1n) is 9.82. The highest BCUT2D eigenvalue weighted by Gasteiger charge is 2.38. The average molecular weight is 466 g/mol. The van der Waals surface area contributed by atoms with Gasteiger partial charge in [0.1, 0.15) is 23.0 Å². The Hall–Kier alpha value is -4.60. The fourth-order valence-electron chi connectivity index (χ4n) is 3.40. The molecule has 0 aliphatic heterocycles. The van der Waals surface area contributed by atoms with E-state index in [0.717, 1.165) is 51.1 Å². The van der Waals surface area contributed by atoms with Crippen LogP contribution >= 0.6 is 0 Å². The van der Waals surface area contributed by atoms with Crippen LogP contribution in [0.2, 0.25) is 0 Å². The first-order chi connectivity index (χ1) is 15.9. The molecule has 0 saturated carbocycles. The van der Waals surface area contributed by atoms with Crippen molar-refractivity contribution in [2.24, 2.45) is 0 Å². The van der Waals surface area contributed by atoms with Crippen LogP contribution in [0.4, 0.5) is 0 Å². The zero-order valence-electron chi connectivity index (χ0n) is 18.5. The summed E-state index contributed by atoms with van der Waals surface area (Å²) in [6, 6.07) is 3.31. The number of ketones is 3. The van der Waals surface area contributed by atoms with Crippen molar-refractivity contribution in [1.82, 2.24) is 0 Å². The van der Waals surface area contributed by atoms with Crippen LogP contribution in [0.25, 0.3) is 6.08 Å². The van der Waals surface area contributed by atoms with E-state index in [1.54, 1.807) is 0 Å². The number of aromatic hydroxyl groups is 1. The van der Waals surface area contributed by atoms with E-state index in [1.165, 1.54) is 6.92 Å². The van der Waals surface area contributed by atoms with Gasteiger partial charge in [-0.1, -0.05) is 0 Å². The molecule has 2 aromatic rings. The van der Waals surface area contributed by atoms with Crippen molar-refractivity contribution in [3.63, 3.8) is 0 Å². The Kier molecular flexibility index (Phi) is 6.44. The lowest BCUT2D eigenvalue weighted by atomic mass is 9.81. The van der Waals surface area contributed by atoms with E-state index in [2.05, 4.69) is 0 Å². The minimum Gasteiger partial charge on any atom is -0.506 e. The smallest absolute Gasteiger partial charge is 0.308 e. The van der Waals surface area contributed by atoms with Gasteiger partial charge in [-0.3, -0.25) is 28.8 Å². The third kappa shape index (κ3) is 4.60. The maximum atomic E-state index is 13.4. The van der Waals surface area contributed by atoms with Gasteiger partial charge in [0.2, 0.25) is 5.78 Å². The molecule has 34 heavy (non-hydrogen) atoms. The van der Waals surface area contributed by atoms with Crippen molar-refractivity contribution >= 4 is 41.3 Å². The second kappa shape index (κ2) is 9.10. The van der Waals surface area contributed by atoms with Gasteiger partial charge < -0.3 is 19.3 Å². The van der Waals surface area contributed by atoms with Crippen LogP contribution in [0, 0.1) is 0 Å². The lowest BCUT2D eigenvalue weighted by molar-refractivity contribution is -0.133. The summed E-state index contributed by atoms with van der Waals surface area (Å²) in [7, 11) is 0. The number of esters is 3. The summed E-state index contributed by atoms with van der Waals surface area (Å²) in [6.45, 7) is 4.52. The highest BCUT2D eigenvalue weighted by atomic mass is 16.5. The third-order valence-corrected chi connectivity index (χ3v) is 4.57. The van der Waals surface area contributed by atoms with Crippen LogP contribution < -0.4 is 14.2 Å². The zero-order valence-corrected chi connectivity index (χ0v) is 18.5. The molecule has 1 aliphatic rings. The third-order valence-electron chi connectivity index (χ3n) is 4.57. The van der Waals surface area contributed by atoms with E-state index in [4.69, 9.17) is 14.2 Å². The number of ether oxygens (including phenoxy) is 3. The zero-order chi connectivity index (χ0) is 25.3. The molecule has 1 aliphatic carbocycles. The average Bonchev–Trinajstić information content (AvgIpc) is 2.69. The molecule has 0 spiro atoms. The standard InChI is InChI=1S/C24H18O10/c1-10(25)5-6-15-18(33-12(3)27)9-17-21(23(15)30)24(31)20-16(22(17)29)7-14(32-11(2)26)8-19(20)34-13(4)28/h5-9,30H,1-4H3/b6-5+. The largest absolute Gasteiger partial charge is 0.506 e. The van der Waals surface area contributed by atoms with Gasteiger partial charge in [0.15, 0.2) is 11.6 Å². The van der Waals surface area contributed by atoms with E-state index in [9.17, 15) is 33.9 Å². The van der Waals surface area contributed by atoms with Crippen molar-refractivity contribution in [3.05, 3.63) is 52.1 Å². The van der Waals surface area contributed by atoms with Gasteiger partial charge in [0.05, 0.1) is 16.7 Å². The number of rotatable bonds is 5. The lowest BCUT2D eigenvalue weighted by Crippen LogP contribution is -2.24. The van der Waals surface area contributed by atoms with Gasteiger partial charge in [-0.25, -0.2) is 0 Å². The van der Waals surface area contributed by atoms with Gasteiger partial charge in [0.25, 0.3) is 0 Å². The van der Waals surface area contributed by atoms with Gasteiger partial charge in [0, 0.05) is 38.0 Å². The molecule has 3 rings (SSSR count). The molecule has 2 aromatic carbocycles. The molecule has 10 nitrogen and oxygen atoms in total. The van der Waals surface area contributed by atoms with Crippen molar-refractivity contribution in [2.75, 3.05) is 0 Å². The number of fused-ring (bicyclic) bond motifs is 2. The second-order valence-electron chi connectivity index (χ2n) is 7.29. The number of allylic oxidation sites excluding steroid dienone is 1. The molecule has 0 atom stereocenters. The Labute approximate surface area is 192 Å². The van der Waals surface area contributed by atoms with E-state index >= 15 is 0 Å². The summed E-state index contributed by atoms with van der Waals surface area (Å²) in [5.41, 5.74) is -1.52. The first kappa shape index (κ1) is 24.1. The molecule has 174 valence electrons. The summed E-state index contributed by atoms with van der Waals surface area (Å²) in [6.07, 6.45) is 2.22. The van der Waals surface area contributed by atoms with Crippen molar-refractivity contribution in [2.45, 2.75) is 27.7 Å². The summed E-state index contributed by atoms with van der Waals surface area (Å²) in [4.78, 5) is 72.8. The normalized spacial score (nSPS) is 12.1. The molecule has 0 unspecified atom stereocenters. The number of benzene rings is 2. The maximum absolute atomic E-state index is 13.4. The summed E-state index contributed by atoms with van der Waals surface area (Å²) >= 11 is 0. The molecule has 0 aromatic heterocycles. The van der Waals surface area contributed by atoms with Crippen LogP contribution in [0.5, 0.6) is 23.0 Å². The first-order valence-corrected chi connectivity index (χ1v) is 9.82. The Morgan fingerprint density at radius 3 is 1.85 bits per heavy atom. The number of hydrogen-bond donors (Lipinski definition) is 1. The van der Waals surface area contributed by atoms with Gasteiger partial charge in [-0.2, -0.15) is 0 Å². The topological polar surface area (TPSA) is 150 Å². The number of phenols is 1. The molecule has 1 N–H and O–H groups in total. The van der Waals surface area contributed by atoms with E-state index in [-0.39, 0.29) is 39.5 Å². The molecule has 0 amide bonds. The SMILES string of the molecule is CC(=O)/C=C/c1c(OC(C)=O)cc2c(c1O)C(=O)c1c(OC(C)=O)cc(OC(C)=O)cc1C2=O. The van der Waals surface area contributed by atoms with Crippen LogP contribution in [0.15, 0.2) is 24.3 Å². The van der Waals surface area contributed by atoms with Crippen molar-refractivity contribution in [3.8, 4) is 23.0 Å².